The van der Waals surface area contributed by atoms with E-state index in [0.717, 1.165) is 6.42 Å². The second-order valence-corrected chi connectivity index (χ2v) is 3.33. The predicted octanol–water partition coefficient (Wildman–Crippen LogP) is 2.47. The summed E-state index contributed by atoms with van der Waals surface area (Å²) in [6.07, 6.45) is -3.13. The SMILES string of the molecule is CCCCc1n[nH]c(C(F)(F)F)c1C(=O)O. The van der Waals surface area contributed by atoms with Gasteiger partial charge in [-0.15, -0.1) is 0 Å². The van der Waals surface area contributed by atoms with Crippen LogP contribution >= 0.6 is 0 Å². The zero-order chi connectivity index (χ0) is 12.3. The number of halogens is 3. The highest BCUT2D eigenvalue weighted by molar-refractivity contribution is 5.90. The molecule has 0 saturated heterocycles. The van der Waals surface area contributed by atoms with Crippen molar-refractivity contribution in [3.63, 3.8) is 0 Å². The summed E-state index contributed by atoms with van der Waals surface area (Å²) in [4.78, 5) is 10.8. The van der Waals surface area contributed by atoms with Crippen LogP contribution in [0.15, 0.2) is 0 Å². The third-order valence-electron chi connectivity index (χ3n) is 2.11. The van der Waals surface area contributed by atoms with E-state index in [9.17, 15) is 18.0 Å². The molecule has 1 heterocycles. The van der Waals surface area contributed by atoms with E-state index in [0.29, 0.717) is 6.42 Å². The number of hydrogen-bond acceptors (Lipinski definition) is 2. The number of aromatic nitrogens is 2. The normalized spacial score (nSPS) is 11.8. The fourth-order valence-electron chi connectivity index (χ4n) is 1.34. The maximum atomic E-state index is 12.4. The molecule has 0 fully saturated rings. The molecule has 0 spiro atoms. The van der Waals surface area contributed by atoms with Crippen LogP contribution in [0.5, 0.6) is 0 Å². The lowest BCUT2D eigenvalue weighted by Gasteiger charge is -2.04. The van der Waals surface area contributed by atoms with Crippen LogP contribution in [0.1, 0.15) is 41.5 Å². The van der Waals surface area contributed by atoms with Crippen molar-refractivity contribution in [3.05, 3.63) is 17.0 Å². The van der Waals surface area contributed by atoms with Crippen LogP contribution < -0.4 is 0 Å². The van der Waals surface area contributed by atoms with Crippen LogP contribution in [-0.2, 0) is 12.6 Å². The fraction of sp³-hybridized carbons (Fsp3) is 0.556. The predicted molar refractivity (Wildman–Crippen MR) is 49.2 cm³/mol. The smallest absolute Gasteiger partial charge is 0.433 e. The Morgan fingerprint density at radius 3 is 2.56 bits per heavy atom. The van der Waals surface area contributed by atoms with E-state index in [1.165, 1.54) is 0 Å². The third kappa shape index (κ3) is 2.53. The summed E-state index contributed by atoms with van der Waals surface area (Å²) >= 11 is 0. The summed E-state index contributed by atoms with van der Waals surface area (Å²) in [5.41, 5.74) is -2.09. The van der Waals surface area contributed by atoms with Crippen LogP contribution in [0.25, 0.3) is 0 Å². The molecule has 90 valence electrons. The Hall–Kier alpha value is -1.53. The van der Waals surface area contributed by atoms with Gasteiger partial charge in [0.25, 0.3) is 0 Å². The number of carboxylic acids is 1. The lowest BCUT2D eigenvalue weighted by molar-refractivity contribution is -0.141. The van der Waals surface area contributed by atoms with Crippen LogP contribution in [0, 0.1) is 0 Å². The molecule has 0 aromatic carbocycles. The van der Waals surface area contributed by atoms with Crippen molar-refractivity contribution in [2.45, 2.75) is 32.4 Å². The molecule has 4 nitrogen and oxygen atoms in total. The minimum Gasteiger partial charge on any atom is -0.478 e. The average Bonchev–Trinajstić information content (AvgIpc) is 2.57. The number of hydrogen-bond donors (Lipinski definition) is 2. The fourth-order valence-corrected chi connectivity index (χ4v) is 1.34. The molecule has 7 heteroatoms. The molecule has 0 aliphatic rings. The molecule has 1 aromatic rings. The minimum absolute atomic E-state index is 0.0401. The van der Waals surface area contributed by atoms with Crippen LogP contribution in [0.3, 0.4) is 0 Å². The van der Waals surface area contributed by atoms with E-state index in [4.69, 9.17) is 5.11 Å². The van der Waals surface area contributed by atoms with Crippen molar-refractivity contribution >= 4 is 5.97 Å². The summed E-state index contributed by atoms with van der Waals surface area (Å²) in [6, 6.07) is 0. The number of carboxylic acid groups (broad SMARTS) is 1. The summed E-state index contributed by atoms with van der Waals surface area (Å²) in [7, 11) is 0. The topological polar surface area (TPSA) is 66.0 Å². The highest BCUT2D eigenvalue weighted by Gasteiger charge is 2.39. The number of rotatable bonds is 4. The van der Waals surface area contributed by atoms with E-state index in [1.807, 2.05) is 6.92 Å². The maximum Gasteiger partial charge on any atom is 0.433 e. The second kappa shape index (κ2) is 4.54. The molecule has 0 atom stereocenters. The Balaban J connectivity index is 3.12. The van der Waals surface area contributed by atoms with Gasteiger partial charge in [-0.2, -0.15) is 18.3 Å². The quantitative estimate of drug-likeness (QED) is 0.843. The number of nitrogens with zero attached hydrogens (tertiary/aromatic N) is 1. The van der Waals surface area contributed by atoms with Gasteiger partial charge in [0.1, 0.15) is 5.56 Å². The lowest BCUT2D eigenvalue weighted by Crippen LogP contribution is -2.13. The number of aryl methyl sites for hydroxylation is 1. The molecular weight excluding hydrogens is 225 g/mol. The van der Waals surface area contributed by atoms with Gasteiger partial charge >= 0.3 is 12.1 Å². The molecule has 2 N–H and O–H groups in total. The van der Waals surface area contributed by atoms with Gasteiger partial charge in [-0.1, -0.05) is 13.3 Å². The van der Waals surface area contributed by atoms with E-state index in [2.05, 4.69) is 5.10 Å². The summed E-state index contributed by atoms with van der Waals surface area (Å²) < 4.78 is 37.2. The van der Waals surface area contributed by atoms with Crippen molar-refractivity contribution in [2.24, 2.45) is 0 Å². The first kappa shape index (κ1) is 12.5. The number of alkyl halides is 3. The number of nitrogens with one attached hydrogen (secondary N) is 1. The van der Waals surface area contributed by atoms with Crippen LogP contribution in [-0.4, -0.2) is 21.3 Å². The molecular formula is C9H11F3N2O2. The number of aromatic carboxylic acids is 1. The molecule has 0 aliphatic heterocycles. The van der Waals surface area contributed by atoms with Crippen LogP contribution in [0.2, 0.25) is 0 Å². The zero-order valence-corrected chi connectivity index (χ0v) is 8.56. The van der Waals surface area contributed by atoms with Gasteiger partial charge in [-0.3, -0.25) is 5.10 Å². The Labute approximate surface area is 89.5 Å². The van der Waals surface area contributed by atoms with E-state index < -0.39 is 23.4 Å². The van der Waals surface area contributed by atoms with Gasteiger partial charge in [-0.05, 0) is 12.8 Å². The second-order valence-electron chi connectivity index (χ2n) is 3.33. The molecule has 0 unspecified atom stereocenters. The van der Waals surface area contributed by atoms with Crippen molar-refractivity contribution in [1.29, 1.82) is 0 Å². The minimum atomic E-state index is -4.72. The first-order chi connectivity index (χ1) is 7.38. The maximum absolute atomic E-state index is 12.4. The lowest BCUT2D eigenvalue weighted by atomic mass is 10.1. The molecule has 0 bridgehead atoms. The zero-order valence-electron chi connectivity index (χ0n) is 8.56. The van der Waals surface area contributed by atoms with Crippen molar-refractivity contribution in [3.8, 4) is 0 Å². The van der Waals surface area contributed by atoms with Gasteiger partial charge in [-0.25, -0.2) is 4.79 Å². The molecule has 16 heavy (non-hydrogen) atoms. The van der Waals surface area contributed by atoms with Gasteiger partial charge in [0.05, 0.1) is 5.69 Å². The van der Waals surface area contributed by atoms with Crippen molar-refractivity contribution in [2.75, 3.05) is 0 Å². The first-order valence-corrected chi connectivity index (χ1v) is 4.75. The van der Waals surface area contributed by atoms with Gasteiger partial charge in [0, 0.05) is 0 Å². The van der Waals surface area contributed by atoms with E-state index in [1.54, 1.807) is 5.10 Å². The molecule has 0 aliphatic carbocycles. The average molecular weight is 236 g/mol. The first-order valence-electron chi connectivity index (χ1n) is 4.75. The number of unbranched alkanes of at least 4 members (excludes halogenated alkanes) is 1. The van der Waals surface area contributed by atoms with E-state index >= 15 is 0 Å². The molecule has 0 amide bonds. The number of H-pyrrole nitrogens is 1. The van der Waals surface area contributed by atoms with E-state index in [-0.39, 0.29) is 12.1 Å². The number of carbonyl (C=O) groups is 1. The Morgan fingerprint density at radius 1 is 1.50 bits per heavy atom. The Bertz CT molecular complexity index is 385. The van der Waals surface area contributed by atoms with Crippen LogP contribution in [0.4, 0.5) is 13.2 Å². The molecule has 0 radical (unpaired) electrons. The van der Waals surface area contributed by atoms with Crippen molar-refractivity contribution in [1.82, 2.24) is 10.2 Å². The standard InChI is InChI=1S/C9H11F3N2O2/c1-2-3-4-5-6(8(15)16)7(14-13-5)9(10,11)12/h2-4H2,1H3,(H,13,14)(H,15,16). The van der Waals surface area contributed by atoms with Gasteiger partial charge < -0.3 is 5.11 Å². The molecule has 0 saturated carbocycles. The molecule has 1 rings (SSSR count). The van der Waals surface area contributed by atoms with Gasteiger partial charge in [0.2, 0.25) is 0 Å². The summed E-state index contributed by atoms with van der Waals surface area (Å²) in [6.45, 7) is 1.86. The summed E-state index contributed by atoms with van der Waals surface area (Å²) in [5.74, 6) is -1.60. The largest absolute Gasteiger partial charge is 0.478 e. The number of aromatic amines is 1. The highest BCUT2D eigenvalue weighted by Crippen LogP contribution is 2.31. The monoisotopic (exact) mass is 236 g/mol. The third-order valence-corrected chi connectivity index (χ3v) is 2.11. The molecule has 1 aromatic heterocycles. The van der Waals surface area contributed by atoms with Crippen molar-refractivity contribution < 1.29 is 23.1 Å². The Morgan fingerprint density at radius 2 is 2.12 bits per heavy atom. The highest BCUT2D eigenvalue weighted by atomic mass is 19.4. The Kier molecular flexibility index (Phi) is 3.56. The van der Waals surface area contributed by atoms with Gasteiger partial charge in [0.15, 0.2) is 5.69 Å². The summed E-state index contributed by atoms with van der Waals surface area (Å²) in [5, 5.41) is 13.9.